The van der Waals surface area contributed by atoms with E-state index in [0.29, 0.717) is 0 Å². The first-order chi connectivity index (χ1) is 24.6. The van der Waals surface area contributed by atoms with Crippen LogP contribution in [0.15, 0.2) is 168 Å². The van der Waals surface area contributed by atoms with Crippen LogP contribution in [0, 0.1) is 26.2 Å². The van der Waals surface area contributed by atoms with Crippen molar-refractivity contribution in [2.24, 2.45) is 0 Å². The minimum Gasteiger partial charge on any atom is -0.557 e. The molecule has 9 aromatic rings. The molecular weight excluding hydrogens is 803 g/mol. The molecule has 0 fully saturated rings. The Morgan fingerprint density at radius 2 is 1.29 bits per heavy atom. The Labute approximate surface area is 311 Å². The van der Waals surface area contributed by atoms with E-state index in [1.807, 2.05) is 54.6 Å². The maximum atomic E-state index is 5.92. The summed E-state index contributed by atoms with van der Waals surface area (Å²) in [7, 11) is 0. The van der Waals surface area contributed by atoms with Crippen LogP contribution in [0.25, 0.3) is 72.6 Å². The molecule has 9 rings (SSSR count). The first-order valence-electron chi connectivity index (χ1n) is 16.7. The van der Waals surface area contributed by atoms with E-state index in [4.69, 9.17) is 9.40 Å². The monoisotopic (exact) mass is 836 g/mol. The number of fused-ring (bicyclic) bond motifs is 2. The van der Waals surface area contributed by atoms with E-state index >= 15 is 0 Å². The number of nitrogens with zero attached hydrogens (tertiary/aromatic N) is 3. The van der Waals surface area contributed by atoms with Crippen molar-refractivity contribution in [2.45, 2.75) is 13.8 Å². The van der Waals surface area contributed by atoms with Crippen LogP contribution in [0.4, 0.5) is 0 Å². The van der Waals surface area contributed by atoms with Crippen LogP contribution in [-0.4, -0.2) is 14.5 Å². The van der Waals surface area contributed by atoms with Crippen molar-refractivity contribution >= 4 is 22.0 Å². The number of hydrogen-bond acceptors (Lipinski definition) is 3. The summed E-state index contributed by atoms with van der Waals surface area (Å²) < 4.78 is 8.21. The molecule has 6 aromatic carbocycles. The van der Waals surface area contributed by atoms with Crippen LogP contribution in [0.3, 0.4) is 0 Å². The minimum atomic E-state index is 0. The Morgan fingerprint density at radius 3 is 1.96 bits per heavy atom. The fourth-order valence-electron chi connectivity index (χ4n) is 6.45. The molecule has 3 aromatic heterocycles. The average molecular weight is 836 g/mol. The summed E-state index contributed by atoms with van der Waals surface area (Å²) in [5.41, 5.74) is 13.7. The van der Waals surface area contributed by atoms with E-state index in [1.54, 1.807) is 6.20 Å². The summed E-state index contributed by atoms with van der Waals surface area (Å²) in [4.78, 5) is 9.39. The molecule has 5 heteroatoms. The molecule has 0 spiro atoms. The molecule has 1 radical (unpaired) electrons. The predicted molar refractivity (Wildman–Crippen MR) is 204 cm³/mol. The van der Waals surface area contributed by atoms with Gasteiger partial charge in [0.2, 0.25) is 0 Å². The van der Waals surface area contributed by atoms with Crippen molar-refractivity contribution < 1.29 is 24.5 Å². The van der Waals surface area contributed by atoms with Gasteiger partial charge in [-0.25, -0.2) is 0 Å². The van der Waals surface area contributed by atoms with Crippen molar-refractivity contribution in [2.75, 3.05) is 0 Å². The molecule has 3 heterocycles. The average Bonchev–Trinajstić information content (AvgIpc) is 3.77. The second kappa shape index (κ2) is 14.9. The first kappa shape index (κ1) is 33.6. The molecule has 0 bridgehead atoms. The zero-order valence-corrected chi connectivity index (χ0v) is 30.6. The van der Waals surface area contributed by atoms with E-state index < -0.39 is 0 Å². The number of aromatic nitrogens is 3. The van der Waals surface area contributed by atoms with Gasteiger partial charge in [-0.1, -0.05) is 120 Å². The number of aryl methyl sites for hydroxylation is 2. The first-order valence-corrected chi connectivity index (χ1v) is 16.7. The van der Waals surface area contributed by atoms with E-state index in [0.717, 1.165) is 72.6 Å². The van der Waals surface area contributed by atoms with Crippen LogP contribution in [-0.2, 0) is 20.1 Å². The summed E-state index contributed by atoms with van der Waals surface area (Å²) in [5.74, 6) is 0.814. The third-order valence-electron chi connectivity index (χ3n) is 8.75. The van der Waals surface area contributed by atoms with Crippen molar-refractivity contribution in [1.29, 1.82) is 0 Å². The second-order valence-electron chi connectivity index (χ2n) is 12.3. The SMILES string of the molecule is Cc1cc(-c2ccccc2)c(-n2c(-c3[c-]oc4ccc(C)cc34)nc3ccccc32)c(-c2ccccc2)c1.[Ir].[c-]1ccccc1-c1ccccn1. The third kappa shape index (κ3) is 6.82. The van der Waals surface area contributed by atoms with E-state index in [9.17, 15) is 0 Å². The zero-order chi connectivity index (χ0) is 33.9. The van der Waals surface area contributed by atoms with Crippen molar-refractivity contribution in [1.82, 2.24) is 14.5 Å². The molecule has 0 atom stereocenters. The maximum Gasteiger partial charge on any atom is 0.0774 e. The standard InChI is InChI=1S/C35H25N2O.C11H8N.Ir/c1-23-17-18-33-29(19-23)30(22-38-33)35-36-31-15-9-10-16-32(31)37(35)34-27(25-11-5-3-6-12-25)20-24(2)21-28(34)26-13-7-4-8-14-26;1-2-6-10(7-3-1)11-8-4-5-9-12-11;/h3-21H,1-2H3;1-6,8-9H;/q2*-1;. The van der Waals surface area contributed by atoms with Crippen molar-refractivity contribution in [3.05, 3.63) is 187 Å². The van der Waals surface area contributed by atoms with Gasteiger partial charge >= 0.3 is 0 Å². The van der Waals surface area contributed by atoms with E-state index in [-0.39, 0.29) is 20.1 Å². The summed E-state index contributed by atoms with van der Waals surface area (Å²) >= 11 is 0. The van der Waals surface area contributed by atoms with Gasteiger partial charge in [-0.15, -0.1) is 35.9 Å². The molecule has 0 saturated heterocycles. The molecule has 0 saturated carbocycles. The Morgan fingerprint density at radius 1 is 0.627 bits per heavy atom. The third-order valence-corrected chi connectivity index (χ3v) is 8.75. The summed E-state index contributed by atoms with van der Waals surface area (Å²) in [6.45, 7) is 4.26. The molecule has 0 aliphatic rings. The normalized spacial score (nSPS) is 10.8. The smallest absolute Gasteiger partial charge is 0.0774 e. The van der Waals surface area contributed by atoms with Gasteiger partial charge in [-0.05, 0) is 66.6 Å². The van der Waals surface area contributed by atoms with Crippen LogP contribution >= 0.6 is 0 Å². The van der Waals surface area contributed by atoms with Gasteiger partial charge in [0.15, 0.2) is 0 Å². The van der Waals surface area contributed by atoms with Gasteiger partial charge in [0.25, 0.3) is 0 Å². The largest absolute Gasteiger partial charge is 0.557 e. The fraction of sp³-hybridized carbons (Fsp3) is 0.0435. The Bertz CT molecular complexity index is 2440. The maximum absolute atomic E-state index is 5.92. The number of furan rings is 1. The van der Waals surface area contributed by atoms with Crippen LogP contribution in [0.2, 0.25) is 0 Å². The van der Waals surface area contributed by atoms with E-state index in [2.05, 4.69) is 139 Å². The van der Waals surface area contributed by atoms with Crippen molar-refractivity contribution in [3.8, 4) is 50.6 Å². The number of para-hydroxylation sites is 2. The second-order valence-corrected chi connectivity index (χ2v) is 12.3. The predicted octanol–water partition coefficient (Wildman–Crippen LogP) is 11.7. The molecule has 0 N–H and O–H groups in total. The van der Waals surface area contributed by atoms with Crippen molar-refractivity contribution in [3.63, 3.8) is 0 Å². The van der Waals surface area contributed by atoms with Gasteiger partial charge in [-0.2, -0.15) is 0 Å². The summed E-state index contributed by atoms with van der Waals surface area (Å²) in [5, 5.41) is 1.01. The summed E-state index contributed by atoms with van der Waals surface area (Å²) in [6, 6.07) is 57.1. The van der Waals surface area contributed by atoms with Gasteiger partial charge in [-0.3, -0.25) is 4.98 Å². The van der Waals surface area contributed by atoms with Crippen LogP contribution in [0.1, 0.15) is 11.1 Å². The fourth-order valence-corrected chi connectivity index (χ4v) is 6.45. The van der Waals surface area contributed by atoms with Crippen LogP contribution < -0.4 is 0 Å². The number of pyridine rings is 1. The van der Waals surface area contributed by atoms with E-state index in [1.165, 1.54) is 11.1 Å². The Balaban J connectivity index is 0.000000265. The minimum absolute atomic E-state index is 0. The van der Waals surface area contributed by atoms with Gasteiger partial charge in [0, 0.05) is 49.3 Å². The summed E-state index contributed by atoms with van der Waals surface area (Å²) in [6.07, 6.45) is 4.99. The Kier molecular flexibility index (Phi) is 9.85. The number of hydrogen-bond donors (Lipinski definition) is 0. The molecule has 0 unspecified atom stereocenters. The molecule has 0 aliphatic heterocycles. The topological polar surface area (TPSA) is 43.9 Å². The number of imidazole rings is 1. The molecule has 249 valence electrons. The number of rotatable bonds is 5. The molecule has 51 heavy (non-hydrogen) atoms. The quantitative estimate of drug-likeness (QED) is 0.162. The van der Waals surface area contributed by atoms with Gasteiger partial charge in [0.05, 0.1) is 22.5 Å². The molecular formula is C46H33IrN3O-2. The van der Waals surface area contributed by atoms with Crippen LogP contribution in [0.5, 0.6) is 0 Å². The van der Waals surface area contributed by atoms with Gasteiger partial charge < -0.3 is 14.0 Å². The number of benzene rings is 6. The molecule has 0 aliphatic carbocycles. The molecule has 4 nitrogen and oxygen atoms in total. The van der Waals surface area contributed by atoms with Gasteiger partial charge in [0.1, 0.15) is 0 Å². The Hall–Kier alpha value is -5.87. The zero-order valence-electron chi connectivity index (χ0n) is 28.2. The molecule has 0 amide bonds.